The first-order valence-electron chi connectivity index (χ1n) is 8.37. The largest absolute Gasteiger partial charge is 0.380 e. The van der Waals surface area contributed by atoms with Crippen LogP contribution in [0.3, 0.4) is 0 Å². The van der Waals surface area contributed by atoms with E-state index in [9.17, 15) is 14.0 Å². The Balaban J connectivity index is 1.64. The van der Waals surface area contributed by atoms with Crippen LogP contribution in [0.15, 0.2) is 67.0 Å². The first-order valence-corrected chi connectivity index (χ1v) is 8.37. The molecule has 3 aromatic rings. The maximum absolute atomic E-state index is 12.9. The number of pyridine rings is 1. The molecule has 0 aliphatic rings. The molecule has 2 aromatic carbocycles. The summed E-state index contributed by atoms with van der Waals surface area (Å²) in [5, 5.41) is 5.93. The number of hydrogen-bond donors (Lipinski definition) is 2. The third kappa shape index (κ3) is 4.98. The standard InChI is InChI=1S/C21H18FN3O2/c1-14(26)16-4-8-19(9-5-16)25-21(27)17-10-20(13-23-12-17)24-11-15-2-6-18(22)7-3-15/h2-10,12-13,24H,11H2,1H3,(H,25,27). The number of Topliss-reactive ketones (excluding diaryl/α,β-unsaturated/α-hetero) is 1. The predicted molar refractivity (Wildman–Crippen MR) is 102 cm³/mol. The monoisotopic (exact) mass is 363 g/mol. The smallest absolute Gasteiger partial charge is 0.257 e. The van der Waals surface area contributed by atoms with Crippen LogP contribution in [0.4, 0.5) is 15.8 Å². The fourth-order valence-electron chi connectivity index (χ4n) is 2.46. The summed E-state index contributed by atoms with van der Waals surface area (Å²) < 4.78 is 12.9. The first-order chi connectivity index (χ1) is 13.0. The van der Waals surface area contributed by atoms with E-state index in [0.717, 1.165) is 5.56 Å². The molecule has 0 fully saturated rings. The zero-order valence-electron chi connectivity index (χ0n) is 14.7. The van der Waals surface area contributed by atoms with Gasteiger partial charge < -0.3 is 10.6 Å². The Kier molecular flexibility index (Phi) is 5.56. The second-order valence-electron chi connectivity index (χ2n) is 6.03. The number of nitrogens with one attached hydrogen (secondary N) is 2. The number of halogens is 1. The van der Waals surface area contributed by atoms with Crippen LogP contribution in [0.2, 0.25) is 0 Å². The molecule has 5 nitrogen and oxygen atoms in total. The van der Waals surface area contributed by atoms with E-state index >= 15 is 0 Å². The Morgan fingerprint density at radius 3 is 2.30 bits per heavy atom. The minimum absolute atomic E-state index is 0.0305. The van der Waals surface area contributed by atoms with E-state index in [1.807, 2.05) is 0 Å². The van der Waals surface area contributed by atoms with Crippen LogP contribution in [0, 0.1) is 5.82 Å². The second-order valence-corrected chi connectivity index (χ2v) is 6.03. The second kappa shape index (κ2) is 8.23. The molecule has 0 saturated carbocycles. The van der Waals surface area contributed by atoms with Gasteiger partial charge in [-0.3, -0.25) is 14.6 Å². The number of nitrogens with zero attached hydrogens (tertiary/aromatic N) is 1. The van der Waals surface area contributed by atoms with Crippen molar-refractivity contribution in [2.45, 2.75) is 13.5 Å². The van der Waals surface area contributed by atoms with Gasteiger partial charge in [-0.2, -0.15) is 0 Å². The highest BCUT2D eigenvalue weighted by atomic mass is 19.1. The maximum atomic E-state index is 12.9. The van der Waals surface area contributed by atoms with Crippen molar-refractivity contribution >= 4 is 23.1 Å². The van der Waals surface area contributed by atoms with E-state index in [2.05, 4.69) is 15.6 Å². The molecule has 0 saturated heterocycles. The van der Waals surface area contributed by atoms with Crippen LogP contribution in [0.5, 0.6) is 0 Å². The number of hydrogen-bond acceptors (Lipinski definition) is 4. The van der Waals surface area contributed by atoms with Gasteiger partial charge in [0, 0.05) is 30.2 Å². The Morgan fingerprint density at radius 2 is 1.63 bits per heavy atom. The molecule has 3 rings (SSSR count). The lowest BCUT2D eigenvalue weighted by molar-refractivity contribution is 0.101. The van der Waals surface area contributed by atoms with Crippen LogP contribution >= 0.6 is 0 Å². The Labute approximate surface area is 156 Å². The van der Waals surface area contributed by atoms with Crippen molar-refractivity contribution < 1.29 is 14.0 Å². The van der Waals surface area contributed by atoms with Crippen molar-refractivity contribution in [2.75, 3.05) is 10.6 Å². The number of benzene rings is 2. The molecule has 136 valence electrons. The van der Waals surface area contributed by atoms with Crippen molar-refractivity contribution in [1.82, 2.24) is 4.98 Å². The zero-order chi connectivity index (χ0) is 19.2. The number of rotatable bonds is 6. The van der Waals surface area contributed by atoms with Gasteiger partial charge in [0.25, 0.3) is 5.91 Å². The summed E-state index contributed by atoms with van der Waals surface area (Å²) >= 11 is 0. The molecule has 0 aliphatic carbocycles. The van der Waals surface area contributed by atoms with Gasteiger partial charge in [-0.25, -0.2) is 4.39 Å². The highest BCUT2D eigenvalue weighted by Crippen LogP contribution is 2.14. The number of ketones is 1. The van der Waals surface area contributed by atoms with Crippen molar-refractivity contribution in [1.29, 1.82) is 0 Å². The van der Waals surface area contributed by atoms with Gasteiger partial charge in [0.2, 0.25) is 0 Å². The van der Waals surface area contributed by atoms with E-state index in [1.165, 1.54) is 25.3 Å². The number of aromatic nitrogens is 1. The topological polar surface area (TPSA) is 71.1 Å². The van der Waals surface area contributed by atoms with Crippen LogP contribution in [0.25, 0.3) is 0 Å². The zero-order valence-corrected chi connectivity index (χ0v) is 14.7. The first kappa shape index (κ1) is 18.3. The van der Waals surface area contributed by atoms with E-state index in [1.54, 1.807) is 48.7 Å². The molecule has 0 radical (unpaired) electrons. The van der Waals surface area contributed by atoms with Crippen molar-refractivity contribution in [3.8, 4) is 0 Å². The summed E-state index contributed by atoms with van der Waals surface area (Å²) in [4.78, 5) is 27.8. The normalized spacial score (nSPS) is 10.3. The highest BCUT2D eigenvalue weighted by molar-refractivity contribution is 6.04. The average molecular weight is 363 g/mol. The van der Waals surface area contributed by atoms with Gasteiger partial charge in [-0.1, -0.05) is 12.1 Å². The van der Waals surface area contributed by atoms with E-state index in [0.29, 0.717) is 29.0 Å². The number of carbonyl (C=O) groups is 2. The van der Waals surface area contributed by atoms with Gasteiger partial charge in [0.05, 0.1) is 11.3 Å². The summed E-state index contributed by atoms with van der Waals surface area (Å²) in [6, 6.07) is 14.6. The summed E-state index contributed by atoms with van der Waals surface area (Å²) in [6.07, 6.45) is 3.09. The van der Waals surface area contributed by atoms with E-state index in [-0.39, 0.29) is 17.5 Å². The average Bonchev–Trinajstić information content (AvgIpc) is 2.68. The molecule has 1 amide bonds. The molecule has 27 heavy (non-hydrogen) atoms. The summed E-state index contributed by atoms with van der Waals surface area (Å²) in [5.41, 5.74) is 3.17. The minimum Gasteiger partial charge on any atom is -0.380 e. The van der Waals surface area contributed by atoms with Crippen LogP contribution in [0.1, 0.15) is 33.2 Å². The summed E-state index contributed by atoms with van der Waals surface area (Å²) in [6.45, 7) is 1.98. The van der Waals surface area contributed by atoms with Crippen LogP contribution in [-0.2, 0) is 6.54 Å². The lowest BCUT2D eigenvalue weighted by Gasteiger charge is -2.09. The Bertz CT molecular complexity index is 954. The van der Waals surface area contributed by atoms with Crippen molar-refractivity contribution in [3.05, 3.63) is 89.5 Å². The van der Waals surface area contributed by atoms with Gasteiger partial charge in [0.1, 0.15) is 5.82 Å². The van der Waals surface area contributed by atoms with Crippen molar-refractivity contribution in [3.63, 3.8) is 0 Å². The molecule has 0 bridgehead atoms. The molecule has 0 aliphatic heterocycles. The summed E-state index contributed by atoms with van der Waals surface area (Å²) in [7, 11) is 0. The number of carbonyl (C=O) groups excluding carboxylic acids is 2. The quantitative estimate of drug-likeness (QED) is 0.641. The Morgan fingerprint density at radius 1 is 0.926 bits per heavy atom. The molecule has 0 unspecified atom stereocenters. The summed E-state index contributed by atoms with van der Waals surface area (Å²) in [5.74, 6) is -0.615. The van der Waals surface area contributed by atoms with Gasteiger partial charge >= 0.3 is 0 Å². The van der Waals surface area contributed by atoms with E-state index < -0.39 is 0 Å². The van der Waals surface area contributed by atoms with Crippen LogP contribution < -0.4 is 10.6 Å². The lowest BCUT2D eigenvalue weighted by atomic mass is 10.1. The molecule has 1 heterocycles. The SMILES string of the molecule is CC(=O)c1ccc(NC(=O)c2cncc(NCc3ccc(F)cc3)c2)cc1. The van der Waals surface area contributed by atoms with Gasteiger partial charge in [-0.05, 0) is 55.0 Å². The molecule has 0 spiro atoms. The number of amides is 1. The third-order valence-corrected chi connectivity index (χ3v) is 3.96. The Hall–Kier alpha value is -3.54. The van der Waals surface area contributed by atoms with E-state index in [4.69, 9.17) is 0 Å². The predicted octanol–water partition coefficient (Wildman–Crippen LogP) is 4.29. The fraction of sp³-hybridized carbons (Fsp3) is 0.0952. The molecule has 6 heteroatoms. The maximum Gasteiger partial charge on any atom is 0.257 e. The highest BCUT2D eigenvalue weighted by Gasteiger charge is 2.08. The van der Waals surface area contributed by atoms with Gasteiger partial charge in [-0.15, -0.1) is 0 Å². The molecule has 0 atom stereocenters. The van der Waals surface area contributed by atoms with Crippen LogP contribution in [-0.4, -0.2) is 16.7 Å². The lowest BCUT2D eigenvalue weighted by Crippen LogP contribution is -2.13. The molecule has 2 N–H and O–H groups in total. The molecular weight excluding hydrogens is 345 g/mol. The van der Waals surface area contributed by atoms with Crippen molar-refractivity contribution in [2.24, 2.45) is 0 Å². The number of anilines is 2. The molecule has 1 aromatic heterocycles. The minimum atomic E-state index is -0.302. The third-order valence-electron chi connectivity index (χ3n) is 3.96. The van der Waals surface area contributed by atoms with Gasteiger partial charge in [0.15, 0.2) is 5.78 Å². The fourth-order valence-corrected chi connectivity index (χ4v) is 2.46. The molecular formula is C21H18FN3O2.